The third kappa shape index (κ3) is 3.23. The molecule has 0 saturated heterocycles. The predicted octanol–water partition coefficient (Wildman–Crippen LogP) is 4.27. The lowest BCUT2D eigenvalue weighted by molar-refractivity contribution is -0.117. The minimum Gasteiger partial charge on any atom is -0.325 e. The van der Waals surface area contributed by atoms with Crippen LogP contribution in [0.5, 0.6) is 0 Å². The highest BCUT2D eigenvalue weighted by molar-refractivity contribution is 5.96. The third-order valence-electron chi connectivity index (χ3n) is 3.37. The van der Waals surface area contributed by atoms with Crippen LogP contribution in [0.3, 0.4) is 0 Å². The normalized spacial score (nSPS) is 11.9. The van der Waals surface area contributed by atoms with E-state index in [1.165, 1.54) is 12.1 Å². The number of carbonyl (C=O) groups is 1. The molecule has 2 aromatic carbocycles. The van der Waals surface area contributed by atoms with Crippen LogP contribution in [0.25, 0.3) is 0 Å². The van der Waals surface area contributed by atoms with Crippen LogP contribution < -0.4 is 5.32 Å². The molecule has 0 radical (unpaired) electrons. The maximum Gasteiger partial charge on any atom is 0.231 e. The molecule has 2 nitrogen and oxygen atoms in total. The Kier molecular flexibility index (Phi) is 4.51. The fourth-order valence-electron chi connectivity index (χ4n) is 2.24. The second-order valence-corrected chi connectivity index (χ2v) is 4.82. The molecular weight excluding hydrogens is 253 g/mol. The summed E-state index contributed by atoms with van der Waals surface area (Å²) in [4.78, 5) is 12.4. The summed E-state index contributed by atoms with van der Waals surface area (Å²) in [6.45, 7) is 3.76. The van der Waals surface area contributed by atoms with E-state index in [1.807, 2.05) is 37.3 Å². The van der Waals surface area contributed by atoms with Gasteiger partial charge in [0.1, 0.15) is 5.82 Å². The van der Waals surface area contributed by atoms with Crippen LogP contribution in [0.4, 0.5) is 10.1 Å². The van der Waals surface area contributed by atoms with Crippen molar-refractivity contribution < 1.29 is 9.18 Å². The first kappa shape index (κ1) is 14.3. The first-order valence-corrected chi connectivity index (χ1v) is 6.73. The lowest BCUT2D eigenvalue weighted by Crippen LogP contribution is -2.21. The van der Waals surface area contributed by atoms with Gasteiger partial charge in [-0.15, -0.1) is 0 Å². The minimum atomic E-state index is -0.296. The predicted molar refractivity (Wildman–Crippen MR) is 79.2 cm³/mol. The molecule has 3 heteroatoms. The van der Waals surface area contributed by atoms with E-state index >= 15 is 0 Å². The second-order valence-electron chi connectivity index (χ2n) is 4.82. The van der Waals surface area contributed by atoms with Crippen LogP contribution in [0.1, 0.15) is 30.4 Å². The molecule has 0 aliphatic rings. The molecule has 0 saturated carbocycles. The van der Waals surface area contributed by atoms with Crippen molar-refractivity contribution in [1.82, 2.24) is 0 Å². The number of aryl methyl sites for hydroxylation is 1. The van der Waals surface area contributed by atoms with Crippen molar-refractivity contribution in [3.05, 3.63) is 65.5 Å². The molecular formula is C17H18FNO. The standard InChI is InChI=1S/C17H18FNO/c1-3-15(13-7-5-4-6-8-13)17(20)19-16-10-9-14(18)11-12(16)2/h4-11,15H,3H2,1-2H3,(H,19,20)/t15-/m0/s1. The van der Waals surface area contributed by atoms with Gasteiger partial charge in [-0.3, -0.25) is 4.79 Å². The summed E-state index contributed by atoms with van der Waals surface area (Å²) in [5, 5.41) is 2.88. The van der Waals surface area contributed by atoms with E-state index in [4.69, 9.17) is 0 Å². The molecule has 2 rings (SSSR count). The van der Waals surface area contributed by atoms with Gasteiger partial charge in [0.2, 0.25) is 5.91 Å². The zero-order valence-corrected chi connectivity index (χ0v) is 11.7. The highest BCUT2D eigenvalue weighted by Crippen LogP contribution is 2.23. The maximum absolute atomic E-state index is 13.1. The van der Waals surface area contributed by atoms with Crippen molar-refractivity contribution in [3.63, 3.8) is 0 Å². The number of anilines is 1. The average molecular weight is 271 g/mol. The quantitative estimate of drug-likeness (QED) is 0.884. The van der Waals surface area contributed by atoms with Gasteiger partial charge in [-0.05, 0) is 42.7 Å². The first-order chi connectivity index (χ1) is 9.61. The number of carbonyl (C=O) groups excluding carboxylic acids is 1. The summed E-state index contributed by atoms with van der Waals surface area (Å²) in [7, 11) is 0. The van der Waals surface area contributed by atoms with Gasteiger partial charge in [0.15, 0.2) is 0 Å². The van der Waals surface area contributed by atoms with Crippen molar-refractivity contribution in [2.75, 3.05) is 5.32 Å². The zero-order valence-electron chi connectivity index (χ0n) is 11.7. The van der Waals surface area contributed by atoms with E-state index in [1.54, 1.807) is 13.0 Å². The van der Waals surface area contributed by atoms with Crippen LogP contribution in [0, 0.1) is 12.7 Å². The van der Waals surface area contributed by atoms with Crippen LogP contribution in [-0.2, 0) is 4.79 Å². The summed E-state index contributed by atoms with van der Waals surface area (Å²) in [5.41, 5.74) is 2.37. The van der Waals surface area contributed by atoms with Crippen LogP contribution in [0.15, 0.2) is 48.5 Å². The molecule has 2 aromatic rings. The number of benzene rings is 2. The summed E-state index contributed by atoms with van der Waals surface area (Å²) >= 11 is 0. The Morgan fingerprint density at radius 3 is 2.50 bits per heavy atom. The van der Waals surface area contributed by atoms with Gasteiger partial charge >= 0.3 is 0 Å². The molecule has 1 amide bonds. The Labute approximate surface area is 118 Å². The molecule has 0 aliphatic heterocycles. The van der Waals surface area contributed by atoms with E-state index in [9.17, 15) is 9.18 Å². The van der Waals surface area contributed by atoms with Gasteiger partial charge in [0.05, 0.1) is 5.92 Å². The Bertz CT molecular complexity index is 595. The summed E-state index contributed by atoms with van der Waals surface area (Å²) in [6, 6.07) is 14.0. The van der Waals surface area contributed by atoms with Gasteiger partial charge in [0, 0.05) is 5.69 Å². The number of rotatable bonds is 4. The zero-order chi connectivity index (χ0) is 14.5. The molecule has 0 bridgehead atoms. The molecule has 0 aliphatic carbocycles. The number of halogens is 1. The topological polar surface area (TPSA) is 29.1 Å². The molecule has 0 fully saturated rings. The molecule has 104 valence electrons. The second kappa shape index (κ2) is 6.33. The fraction of sp³-hybridized carbons (Fsp3) is 0.235. The summed E-state index contributed by atoms with van der Waals surface area (Å²) in [5.74, 6) is -0.551. The van der Waals surface area contributed by atoms with Crippen LogP contribution in [-0.4, -0.2) is 5.91 Å². The number of hydrogen-bond acceptors (Lipinski definition) is 1. The largest absolute Gasteiger partial charge is 0.325 e. The van der Waals surface area contributed by atoms with Crippen molar-refractivity contribution in [1.29, 1.82) is 0 Å². The lowest BCUT2D eigenvalue weighted by atomic mass is 9.95. The van der Waals surface area contributed by atoms with Crippen LogP contribution >= 0.6 is 0 Å². The molecule has 0 heterocycles. The van der Waals surface area contributed by atoms with Gasteiger partial charge in [0.25, 0.3) is 0 Å². The van der Waals surface area contributed by atoms with Gasteiger partial charge < -0.3 is 5.32 Å². The summed E-state index contributed by atoms with van der Waals surface area (Å²) in [6.07, 6.45) is 0.718. The SMILES string of the molecule is CC[C@H](C(=O)Nc1ccc(F)cc1C)c1ccccc1. The van der Waals surface area contributed by atoms with Crippen molar-refractivity contribution in [2.24, 2.45) is 0 Å². The maximum atomic E-state index is 13.1. The van der Waals surface area contributed by atoms with E-state index in [0.717, 1.165) is 17.5 Å². The highest BCUT2D eigenvalue weighted by atomic mass is 19.1. The number of hydrogen-bond donors (Lipinski definition) is 1. The minimum absolute atomic E-state index is 0.0617. The smallest absolute Gasteiger partial charge is 0.231 e. The number of amides is 1. The molecule has 0 unspecified atom stereocenters. The van der Waals surface area contributed by atoms with E-state index in [0.29, 0.717) is 5.69 Å². The van der Waals surface area contributed by atoms with Crippen molar-refractivity contribution in [2.45, 2.75) is 26.2 Å². The van der Waals surface area contributed by atoms with Gasteiger partial charge in [-0.25, -0.2) is 4.39 Å². The monoisotopic (exact) mass is 271 g/mol. The Hall–Kier alpha value is -2.16. The van der Waals surface area contributed by atoms with E-state index in [2.05, 4.69) is 5.32 Å². The Balaban J connectivity index is 2.18. The van der Waals surface area contributed by atoms with Crippen molar-refractivity contribution >= 4 is 11.6 Å². The number of nitrogens with one attached hydrogen (secondary N) is 1. The molecule has 0 spiro atoms. The van der Waals surface area contributed by atoms with Gasteiger partial charge in [-0.2, -0.15) is 0 Å². The molecule has 20 heavy (non-hydrogen) atoms. The molecule has 0 aromatic heterocycles. The summed E-state index contributed by atoms with van der Waals surface area (Å²) < 4.78 is 13.1. The average Bonchev–Trinajstić information content (AvgIpc) is 2.44. The van der Waals surface area contributed by atoms with E-state index < -0.39 is 0 Å². The van der Waals surface area contributed by atoms with Crippen LogP contribution in [0.2, 0.25) is 0 Å². The molecule has 1 N–H and O–H groups in total. The third-order valence-corrected chi connectivity index (χ3v) is 3.37. The molecule has 1 atom stereocenters. The Morgan fingerprint density at radius 2 is 1.90 bits per heavy atom. The van der Waals surface area contributed by atoms with Gasteiger partial charge in [-0.1, -0.05) is 37.3 Å². The Morgan fingerprint density at radius 1 is 1.20 bits per heavy atom. The lowest BCUT2D eigenvalue weighted by Gasteiger charge is -2.16. The first-order valence-electron chi connectivity index (χ1n) is 6.73. The highest BCUT2D eigenvalue weighted by Gasteiger charge is 2.19. The fourth-order valence-corrected chi connectivity index (χ4v) is 2.24. The van der Waals surface area contributed by atoms with E-state index in [-0.39, 0.29) is 17.6 Å². The van der Waals surface area contributed by atoms with Crippen molar-refractivity contribution in [3.8, 4) is 0 Å².